The second-order valence-corrected chi connectivity index (χ2v) is 20.2. The predicted octanol–water partition coefficient (Wildman–Crippen LogP) is 16.7. The Hall–Kier alpha value is -2.71. The number of unbranched alkanes of at least 4 members (excludes halogenated alkanes) is 29. The molecular weight excluding hydrogens is 835 g/mol. The number of carbonyl (C=O) groups is 3. The Morgan fingerprint density at radius 2 is 0.836 bits per heavy atom. The first-order chi connectivity index (χ1) is 32.6. The van der Waals surface area contributed by atoms with Crippen molar-refractivity contribution < 1.29 is 38.2 Å². The molecule has 0 aliphatic heterocycles. The van der Waals surface area contributed by atoms with E-state index in [9.17, 15) is 19.5 Å². The van der Waals surface area contributed by atoms with Gasteiger partial charge in [0.25, 0.3) is 0 Å². The molecule has 390 valence electrons. The fourth-order valence-corrected chi connectivity index (χ4v) is 8.40. The Labute approximate surface area is 414 Å². The molecule has 0 radical (unpaired) electrons. The zero-order valence-electron chi connectivity index (χ0n) is 44.6. The number of allylic oxidation sites excluding steroid dienone is 8. The molecule has 0 aliphatic rings. The number of quaternary nitrogens is 1. The van der Waals surface area contributed by atoms with Crippen LogP contribution in [0.5, 0.6) is 0 Å². The van der Waals surface area contributed by atoms with Crippen LogP contribution in [0.15, 0.2) is 48.6 Å². The van der Waals surface area contributed by atoms with Crippen LogP contribution in [0.25, 0.3) is 0 Å². The largest absolute Gasteiger partial charge is 0.477 e. The topological polar surface area (TPSA) is 99.1 Å². The number of carboxylic acid groups (broad SMARTS) is 1. The van der Waals surface area contributed by atoms with Gasteiger partial charge in [0, 0.05) is 19.3 Å². The van der Waals surface area contributed by atoms with Gasteiger partial charge < -0.3 is 23.8 Å². The molecule has 0 aromatic carbocycles. The summed E-state index contributed by atoms with van der Waals surface area (Å²) < 4.78 is 17.4. The summed E-state index contributed by atoms with van der Waals surface area (Å²) in [6.07, 6.45) is 61.7. The van der Waals surface area contributed by atoms with Gasteiger partial charge in [-0.2, -0.15) is 0 Å². The van der Waals surface area contributed by atoms with Crippen LogP contribution in [0, 0.1) is 0 Å². The van der Waals surface area contributed by atoms with Crippen LogP contribution in [0.4, 0.5) is 0 Å². The minimum Gasteiger partial charge on any atom is -0.477 e. The van der Waals surface area contributed by atoms with E-state index >= 15 is 0 Å². The summed E-state index contributed by atoms with van der Waals surface area (Å²) >= 11 is 0. The fourth-order valence-electron chi connectivity index (χ4n) is 8.40. The average Bonchev–Trinajstić information content (AvgIpc) is 3.29. The number of hydrogen-bond acceptors (Lipinski definition) is 6. The number of carbonyl (C=O) groups excluding carboxylic acids is 2. The van der Waals surface area contributed by atoms with Gasteiger partial charge in [0.2, 0.25) is 0 Å². The van der Waals surface area contributed by atoms with Gasteiger partial charge in [-0.1, -0.05) is 217 Å². The van der Waals surface area contributed by atoms with E-state index in [2.05, 4.69) is 62.5 Å². The van der Waals surface area contributed by atoms with Gasteiger partial charge in [-0.05, 0) is 70.6 Å². The fraction of sp³-hybridized carbons (Fsp3) is 0.814. The number of esters is 2. The van der Waals surface area contributed by atoms with E-state index in [1.807, 2.05) is 21.1 Å². The molecule has 0 bridgehead atoms. The van der Waals surface area contributed by atoms with Gasteiger partial charge in [-0.25, -0.2) is 4.79 Å². The monoisotopic (exact) mass is 943 g/mol. The van der Waals surface area contributed by atoms with Gasteiger partial charge in [0.15, 0.2) is 12.1 Å². The highest BCUT2D eigenvalue weighted by Crippen LogP contribution is 2.16. The molecule has 0 fully saturated rings. The lowest BCUT2D eigenvalue weighted by molar-refractivity contribution is -0.887. The Bertz CT molecular complexity index is 1230. The van der Waals surface area contributed by atoms with Gasteiger partial charge in [-0.15, -0.1) is 0 Å². The van der Waals surface area contributed by atoms with E-state index in [-0.39, 0.29) is 36.2 Å². The lowest BCUT2D eigenvalue weighted by Gasteiger charge is -2.31. The zero-order valence-corrected chi connectivity index (χ0v) is 44.6. The molecule has 0 aromatic heterocycles. The van der Waals surface area contributed by atoms with Crippen LogP contribution < -0.4 is 0 Å². The first-order valence-corrected chi connectivity index (χ1v) is 28.2. The molecule has 0 amide bonds. The van der Waals surface area contributed by atoms with Gasteiger partial charge in [-0.3, -0.25) is 9.59 Å². The summed E-state index contributed by atoms with van der Waals surface area (Å²) in [5.74, 6) is -1.46. The standard InChI is InChI=1S/C59H107NO7/c1-6-8-10-12-14-16-18-20-22-24-26-28-30-31-33-35-37-39-41-43-45-47-49-57(61)66-54-55(53-65-52-51-56(59(63)64)60(3,4)5)67-58(62)50-48-46-44-42-40-38-36-34-32-29-27-25-23-21-19-17-15-13-11-9-7-2/h9,11,15,17,21,23,30-31,55-56H,6-8,10,12-14,16,18-20,22,24-29,32-54H2,1-5H3/p+1/b11-9+,17-15+,23-21+,31-30+. The molecular formula is C59H108NO7+. The summed E-state index contributed by atoms with van der Waals surface area (Å²) in [7, 11) is 5.54. The maximum atomic E-state index is 12.8. The third-order valence-electron chi connectivity index (χ3n) is 12.7. The molecule has 1 N–H and O–H groups in total. The Morgan fingerprint density at radius 1 is 0.463 bits per heavy atom. The molecule has 0 aliphatic carbocycles. The number of aliphatic carboxylic acids is 1. The molecule has 2 unspecified atom stereocenters. The van der Waals surface area contributed by atoms with Crippen molar-refractivity contribution in [3.63, 3.8) is 0 Å². The number of ether oxygens (including phenoxy) is 3. The number of nitrogens with zero attached hydrogens (tertiary/aromatic N) is 1. The molecule has 0 spiro atoms. The van der Waals surface area contributed by atoms with Gasteiger partial charge in [0.05, 0.1) is 34.4 Å². The van der Waals surface area contributed by atoms with Crippen molar-refractivity contribution in [3.05, 3.63) is 48.6 Å². The van der Waals surface area contributed by atoms with Gasteiger partial charge >= 0.3 is 17.9 Å². The molecule has 0 saturated carbocycles. The van der Waals surface area contributed by atoms with Gasteiger partial charge in [0.1, 0.15) is 6.61 Å². The number of hydrogen-bond donors (Lipinski definition) is 1. The molecule has 0 rings (SSSR count). The second-order valence-electron chi connectivity index (χ2n) is 20.2. The summed E-state index contributed by atoms with van der Waals surface area (Å²) in [5, 5.41) is 9.67. The van der Waals surface area contributed by atoms with Crippen molar-refractivity contribution in [3.8, 4) is 0 Å². The molecule has 0 aromatic rings. The van der Waals surface area contributed by atoms with Crippen LogP contribution >= 0.6 is 0 Å². The summed E-state index contributed by atoms with van der Waals surface area (Å²) in [5.41, 5.74) is 0. The van der Waals surface area contributed by atoms with Crippen molar-refractivity contribution in [1.82, 2.24) is 0 Å². The Kier molecular flexibility index (Phi) is 47.7. The van der Waals surface area contributed by atoms with E-state index in [0.29, 0.717) is 19.3 Å². The highest BCUT2D eigenvalue weighted by Gasteiger charge is 2.31. The highest BCUT2D eigenvalue weighted by molar-refractivity contribution is 5.72. The number of likely N-dealkylation sites (N-methyl/N-ethyl adjacent to an activating group) is 1. The van der Waals surface area contributed by atoms with Crippen molar-refractivity contribution in [2.75, 3.05) is 41.0 Å². The minimum atomic E-state index is -0.874. The SMILES string of the molecule is CC/C=C/C/C=C/C/C=C/CCCCCCCCCCCCCC(=O)OC(COCCC(C(=O)O)[N+](C)(C)C)COC(=O)CCCCCCCCC/C=C/CCCCCCCCCCCCC. The number of carboxylic acids is 1. The van der Waals surface area contributed by atoms with Crippen molar-refractivity contribution in [1.29, 1.82) is 0 Å². The first kappa shape index (κ1) is 64.3. The minimum absolute atomic E-state index is 0.0531. The molecule has 8 nitrogen and oxygen atoms in total. The highest BCUT2D eigenvalue weighted by atomic mass is 16.6. The predicted molar refractivity (Wildman–Crippen MR) is 284 cm³/mol. The smallest absolute Gasteiger partial charge is 0.362 e. The van der Waals surface area contributed by atoms with Crippen LogP contribution in [0.1, 0.15) is 258 Å². The zero-order chi connectivity index (χ0) is 49.2. The van der Waals surface area contributed by atoms with E-state index in [4.69, 9.17) is 14.2 Å². The van der Waals surface area contributed by atoms with E-state index in [0.717, 1.165) is 57.8 Å². The molecule has 0 saturated heterocycles. The van der Waals surface area contributed by atoms with E-state index in [1.54, 1.807) is 0 Å². The van der Waals surface area contributed by atoms with E-state index in [1.165, 1.54) is 167 Å². The van der Waals surface area contributed by atoms with Crippen LogP contribution in [-0.2, 0) is 28.6 Å². The molecule has 0 heterocycles. The number of rotatable bonds is 51. The van der Waals surface area contributed by atoms with E-state index < -0.39 is 18.1 Å². The van der Waals surface area contributed by atoms with Crippen molar-refractivity contribution in [2.45, 2.75) is 270 Å². The molecule has 67 heavy (non-hydrogen) atoms. The second kappa shape index (κ2) is 49.7. The van der Waals surface area contributed by atoms with Crippen molar-refractivity contribution >= 4 is 17.9 Å². The Balaban J connectivity index is 4.18. The third-order valence-corrected chi connectivity index (χ3v) is 12.7. The molecule has 8 heteroatoms. The van der Waals surface area contributed by atoms with Crippen molar-refractivity contribution in [2.24, 2.45) is 0 Å². The average molecular weight is 944 g/mol. The van der Waals surface area contributed by atoms with Crippen LogP contribution in [0.2, 0.25) is 0 Å². The quantitative estimate of drug-likeness (QED) is 0.0281. The van der Waals surface area contributed by atoms with Crippen LogP contribution in [0.3, 0.4) is 0 Å². The summed E-state index contributed by atoms with van der Waals surface area (Å²) in [6.45, 7) is 4.66. The maximum Gasteiger partial charge on any atom is 0.362 e. The normalized spacial score (nSPS) is 13.1. The summed E-state index contributed by atoms with van der Waals surface area (Å²) in [6, 6.07) is -0.617. The lowest BCUT2D eigenvalue weighted by Crippen LogP contribution is -2.50. The third kappa shape index (κ3) is 48.1. The van der Waals surface area contributed by atoms with Crippen LogP contribution in [-0.4, -0.2) is 80.6 Å². The lowest BCUT2D eigenvalue weighted by atomic mass is 10.0. The Morgan fingerprint density at radius 3 is 1.25 bits per heavy atom. The summed E-state index contributed by atoms with van der Waals surface area (Å²) in [4.78, 5) is 37.3. The maximum absolute atomic E-state index is 12.8. The first-order valence-electron chi connectivity index (χ1n) is 28.2. The molecule has 2 atom stereocenters.